The molecular weight excluding hydrogens is 345 g/mol. The first-order valence-electron chi connectivity index (χ1n) is 9.12. The van der Waals surface area contributed by atoms with Crippen LogP contribution in [-0.4, -0.2) is 41.8 Å². The van der Waals surface area contributed by atoms with E-state index in [1.54, 1.807) is 0 Å². The molecule has 0 unspecified atom stereocenters. The number of nitrogens with one attached hydrogen (secondary N) is 1. The Morgan fingerprint density at radius 3 is 2.30 bits per heavy atom. The van der Waals surface area contributed by atoms with Gasteiger partial charge in [0.05, 0.1) is 11.2 Å². The minimum absolute atomic E-state index is 0.0579. The zero-order valence-electron chi connectivity index (χ0n) is 16.7. The lowest BCUT2D eigenvalue weighted by molar-refractivity contribution is -0.137. The van der Waals surface area contributed by atoms with Gasteiger partial charge in [0.25, 0.3) is 0 Å². The minimum atomic E-state index is -0.835. The normalized spacial score (nSPS) is 18.4. The molecule has 6 nitrogen and oxygen atoms in total. The maximum atomic E-state index is 11.4. The molecule has 0 radical (unpaired) electrons. The number of rotatable bonds is 7. The van der Waals surface area contributed by atoms with E-state index in [1.165, 1.54) is 6.92 Å². The zero-order chi connectivity index (χ0) is 20.2. The highest BCUT2D eigenvalue weighted by Crippen LogP contribution is 2.38. The van der Waals surface area contributed by atoms with Gasteiger partial charge >= 0.3 is 13.1 Å². The van der Waals surface area contributed by atoms with Gasteiger partial charge in [-0.1, -0.05) is 30.3 Å². The van der Waals surface area contributed by atoms with Crippen molar-refractivity contribution in [1.29, 1.82) is 0 Å². The second-order valence-electron chi connectivity index (χ2n) is 7.81. The van der Waals surface area contributed by atoms with Gasteiger partial charge in [-0.3, -0.25) is 9.59 Å². The van der Waals surface area contributed by atoms with Crippen LogP contribution < -0.4 is 5.32 Å². The third-order valence-corrected chi connectivity index (χ3v) is 5.10. The van der Waals surface area contributed by atoms with E-state index in [1.807, 2.05) is 58.0 Å². The summed E-state index contributed by atoms with van der Waals surface area (Å²) in [5, 5.41) is 11.8. The van der Waals surface area contributed by atoms with Crippen LogP contribution in [-0.2, 0) is 25.3 Å². The van der Waals surface area contributed by atoms with Crippen molar-refractivity contribution in [2.75, 3.05) is 6.54 Å². The zero-order valence-corrected chi connectivity index (χ0v) is 16.7. The highest BCUT2D eigenvalue weighted by atomic mass is 16.7. The first-order chi connectivity index (χ1) is 12.5. The van der Waals surface area contributed by atoms with Crippen molar-refractivity contribution in [1.82, 2.24) is 5.32 Å². The molecular formula is C20H28BNO5. The van der Waals surface area contributed by atoms with E-state index in [0.717, 1.165) is 16.6 Å². The molecule has 1 aromatic carbocycles. The SMILES string of the molecule is CC(=O)NCC(=Cc1ccccc1CCC(=O)O)B1OC(C)(C)C(C)(C)O1. The van der Waals surface area contributed by atoms with Crippen LogP contribution in [0, 0.1) is 0 Å². The van der Waals surface area contributed by atoms with E-state index in [0.29, 0.717) is 13.0 Å². The summed E-state index contributed by atoms with van der Waals surface area (Å²) in [6.45, 7) is 9.66. The lowest BCUT2D eigenvalue weighted by Crippen LogP contribution is -2.41. The van der Waals surface area contributed by atoms with Crippen LogP contribution in [0.1, 0.15) is 52.2 Å². The van der Waals surface area contributed by atoms with Crippen molar-refractivity contribution in [2.45, 2.75) is 58.7 Å². The van der Waals surface area contributed by atoms with Crippen LogP contribution in [0.3, 0.4) is 0 Å². The summed E-state index contributed by atoms with van der Waals surface area (Å²) in [4.78, 5) is 22.4. The molecule has 1 heterocycles. The summed E-state index contributed by atoms with van der Waals surface area (Å²) in [6.07, 6.45) is 2.41. The molecule has 27 heavy (non-hydrogen) atoms. The first kappa shape index (κ1) is 21.2. The molecule has 0 aromatic heterocycles. The molecule has 1 aromatic rings. The number of carboxylic acid groups (broad SMARTS) is 1. The minimum Gasteiger partial charge on any atom is -0.481 e. The topological polar surface area (TPSA) is 84.9 Å². The number of carbonyl (C=O) groups is 2. The summed E-state index contributed by atoms with van der Waals surface area (Å²) >= 11 is 0. The number of amides is 1. The number of aliphatic carboxylic acids is 1. The van der Waals surface area contributed by atoms with Crippen LogP contribution in [0.5, 0.6) is 0 Å². The Hall–Kier alpha value is -2.12. The average Bonchev–Trinajstić information content (AvgIpc) is 2.77. The smallest absolute Gasteiger partial charge is 0.481 e. The van der Waals surface area contributed by atoms with Crippen molar-refractivity contribution in [3.8, 4) is 0 Å². The van der Waals surface area contributed by atoms with Gasteiger partial charge in [0.1, 0.15) is 0 Å². The molecule has 1 fully saturated rings. The molecule has 1 aliphatic heterocycles. The van der Waals surface area contributed by atoms with Crippen molar-refractivity contribution in [3.63, 3.8) is 0 Å². The lowest BCUT2D eigenvalue weighted by Gasteiger charge is -2.32. The van der Waals surface area contributed by atoms with E-state index >= 15 is 0 Å². The summed E-state index contributed by atoms with van der Waals surface area (Å²) in [5.41, 5.74) is 1.63. The summed E-state index contributed by atoms with van der Waals surface area (Å²) in [5.74, 6) is -0.977. The van der Waals surface area contributed by atoms with Crippen molar-refractivity contribution in [3.05, 3.63) is 40.9 Å². The van der Waals surface area contributed by atoms with Gasteiger partial charge in [-0.2, -0.15) is 0 Å². The van der Waals surface area contributed by atoms with Crippen LogP contribution in [0.2, 0.25) is 0 Å². The molecule has 146 valence electrons. The Morgan fingerprint density at radius 2 is 1.74 bits per heavy atom. The predicted octanol–water partition coefficient (Wildman–Crippen LogP) is 2.85. The Kier molecular flexibility index (Phi) is 6.49. The second-order valence-corrected chi connectivity index (χ2v) is 7.81. The van der Waals surface area contributed by atoms with Gasteiger partial charge in [-0.15, -0.1) is 0 Å². The summed E-state index contributed by atoms with van der Waals surface area (Å²) < 4.78 is 12.3. The van der Waals surface area contributed by atoms with Gasteiger partial charge in [-0.05, 0) is 50.7 Å². The molecule has 0 atom stereocenters. The van der Waals surface area contributed by atoms with E-state index in [9.17, 15) is 9.59 Å². The third-order valence-electron chi connectivity index (χ3n) is 5.10. The molecule has 1 amide bonds. The van der Waals surface area contributed by atoms with Crippen molar-refractivity contribution < 1.29 is 24.0 Å². The summed E-state index contributed by atoms with van der Waals surface area (Å²) in [6, 6.07) is 7.62. The summed E-state index contributed by atoms with van der Waals surface area (Å²) in [7, 11) is -0.589. The Labute approximate surface area is 161 Å². The maximum absolute atomic E-state index is 11.4. The number of benzene rings is 1. The second kappa shape index (κ2) is 8.27. The van der Waals surface area contributed by atoms with Crippen LogP contribution in [0.25, 0.3) is 6.08 Å². The molecule has 2 rings (SSSR count). The van der Waals surface area contributed by atoms with E-state index in [4.69, 9.17) is 14.4 Å². The molecule has 0 spiro atoms. The molecule has 0 aliphatic carbocycles. The predicted molar refractivity (Wildman–Crippen MR) is 105 cm³/mol. The van der Waals surface area contributed by atoms with Gasteiger partial charge in [0.2, 0.25) is 5.91 Å². The lowest BCUT2D eigenvalue weighted by atomic mass is 9.76. The van der Waals surface area contributed by atoms with Gasteiger partial charge < -0.3 is 19.7 Å². The fraction of sp³-hybridized carbons (Fsp3) is 0.500. The first-order valence-corrected chi connectivity index (χ1v) is 9.12. The fourth-order valence-electron chi connectivity index (χ4n) is 2.77. The molecule has 0 saturated carbocycles. The standard InChI is InChI=1S/C20H28BNO5/c1-14(23)22-13-17(21-26-19(2,3)20(4,5)27-21)12-16-9-7-6-8-15(16)10-11-18(24)25/h6-9,12H,10-11,13H2,1-5H3,(H,22,23)(H,24,25). The molecule has 0 bridgehead atoms. The molecule has 1 aliphatic rings. The average molecular weight is 373 g/mol. The molecule has 1 saturated heterocycles. The van der Waals surface area contributed by atoms with Gasteiger partial charge in [0.15, 0.2) is 0 Å². The number of hydrogen-bond donors (Lipinski definition) is 2. The monoisotopic (exact) mass is 373 g/mol. The largest absolute Gasteiger partial charge is 0.492 e. The fourth-order valence-corrected chi connectivity index (χ4v) is 2.77. The van der Waals surface area contributed by atoms with E-state index in [2.05, 4.69) is 5.32 Å². The number of hydrogen-bond acceptors (Lipinski definition) is 4. The molecule has 2 N–H and O–H groups in total. The van der Waals surface area contributed by atoms with Crippen molar-refractivity contribution in [2.24, 2.45) is 0 Å². The Bertz CT molecular complexity index is 726. The quantitative estimate of drug-likeness (QED) is 0.718. The highest BCUT2D eigenvalue weighted by molar-refractivity contribution is 6.56. The number of carbonyl (C=O) groups excluding carboxylic acids is 1. The van der Waals surface area contributed by atoms with Crippen LogP contribution in [0.15, 0.2) is 29.7 Å². The van der Waals surface area contributed by atoms with Gasteiger partial charge in [-0.25, -0.2) is 0 Å². The van der Waals surface area contributed by atoms with Gasteiger partial charge in [0, 0.05) is 19.9 Å². The Morgan fingerprint density at radius 1 is 1.15 bits per heavy atom. The van der Waals surface area contributed by atoms with E-state index in [-0.39, 0.29) is 12.3 Å². The van der Waals surface area contributed by atoms with Crippen LogP contribution >= 0.6 is 0 Å². The van der Waals surface area contributed by atoms with Crippen molar-refractivity contribution >= 4 is 25.1 Å². The molecule has 7 heteroatoms. The number of aryl methyl sites for hydroxylation is 1. The number of carboxylic acids is 1. The van der Waals surface area contributed by atoms with E-state index < -0.39 is 24.3 Å². The Balaban J connectivity index is 2.35. The highest BCUT2D eigenvalue weighted by Gasteiger charge is 2.52. The van der Waals surface area contributed by atoms with Crippen LogP contribution in [0.4, 0.5) is 0 Å². The third kappa shape index (κ3) is 5.43. The maximum Gasteiger partial charge on any atom is 0.492 e.